The summed E-state index contributed by atoms with van der Waals surface area (Å²) in [6.45, 7) is 6.14. The first kappa shape index (κ1) is 20.6. The molecule has 4 rings (SSSR count). The fourth-order valence-electron chi connectivity index (χ4n) is 4.98. The van der Waals surface area contributed by atoms with Gasteiger partial charge in [-0.3, -0.25) is 4.79 Å². The van der Waals surface area contributed by atoms with Gasteiger partial charge in [0.2, 0.25) is 15.9 Å². The largest absolute Gasteiger partial charge is 0.378 e. The molecule has 9 heteroatoms. The Kier molecular flexibility index (Phi) is 5.81. The number of morpholine rings is 1. The van der Waals surface area contributed by atoms with Gasteiger partial charge in [0.25, 0.3) is 0 Å². The van der Waals surface area contributed by atoms with E-state index in [1.54, 1.807) is 17.4 Å². The number of nitrogens with zero attached hydrogens (tertiary/aromatic N) is 4. The maximum absolute atomic E-state index is 13.8. The molecule has 0 N–H and O–H groups in total. The van der Waals surface area contributed by atoms with Crippen molar-refractivity contribution in [3.05, 3.63) is 24.4 Å². The van der Waals surface area contributed by atoms with Crippen LogP contribution in [0.15, 0.2) is 24.4 Å². The quantitative estimate of drug-likeness (QED) is 0.714. The summed E-state index contributed by atoms with van der Waals surface area (Å²) >= 11 is 0. The van der Waals surface area contributed by atoms with E-state index in [9.17, 15) is 13.2 Å². The van der Waals surface area contributed by atoms with Crippen LogP contribution in [0.3, 0.4) is 0 Å². The van der Waals surface area contributed by atoms with E-state index >= 15 is 0 Å². The summed E-state index contributed by atoms with van der Waals surface area (Å²) in [5.74, 6) is 1.04. The van der Waals surface area contributed by atoms with Crippen LogP contribution in [-0.4, -0.2) is 86.7 Å². The highest BCUT2D eigenvalue weighted by atomic mass is 32.2. The minimum absolute atomic E-state index is 0.0522. The van der Waals surface area contributed by atoms with Crippen molar-refractivity contribution in [3.8, 4) is 0 Å². The lowest BCUT2D eigenvalue weighted by atomic mass is 9.73. The summed E-state index contributed by atoms with van der Waals surface area (Å²) in [6, 6.07) is 5.78. The van der Waals surface area contributed by atoms with Gasteiger partial charge in [-0.1, -0.05) is 6.07 Å². The number of sulfonamides is 1. The van der Waals surface area contributed by atoms with Gasteiger partial charge in [-0.05, 0) is 31.9 Å². The molecule has 29 heavy (non-hydrogen) atoms. The van der Waals surface area contributed by atoms with Crippen LogP contribution in [0.4, 0.5) is 5.82 Å². The van der Waals surface area contributed by atoms with E-state index in [1.807, 2.05) is 23.1 Å². The molecule has 0 radical (unpaired) electrons. The number of rotatable bonds is 4. The second kappa shape index (κ2) is 8.20. The molecule has 2 atom stereocenters. The molecule has 0 bridgehead atoms. The maximum atomic E-state index is 13.8. The second-order valence-corrected chi connectivity index (χ2v) is 10.4. The summed E-state index contributed by atoms with van der Waals surface area (Å²) in [5.41, 5.74) is -0.577. The minimum Gasteiger partial charge on any atom is -0.378 e. The zero-order valence-corrected chi connectivity index (χ0v) is 17.8. The second-order valence-electron chi connectivity index (χ2n) is 8.19. The number of hydrogen-bond acceptors (Lipinski definition) is 6. The van der Waals surface area contributed by atoms with Gasteiger partial charge in [-0.15, -0.1) is 0 Å². The number of anilines is 1. The Labute approximate surface area is 172 Å². The Morgan fingerprint density at radius 3 is 2.72 bits per heavy atom. The van der Waals surface area contributed by atoms with Gasteiger partial charge in [-0.25, -0.2) is 17.7 Å². The van der Waals surface area contributed by atoms with Crippen molar-refractivity contribution in [2.45, 2.75) is 19.8 Å². The van der Waals surface area contributed by atoms with Crippen LogP contribution < -0.4 is 4.90 Å². The predicted octanol–water partition coefficient (Wildman–Crippen LogP) is 0.809. The number of pyridine rings is 1. The first-order valence-electron chi connectivity index (χ1n) is 10.5. The fraction of sp³-hybridized carbons (Fsp3) is 0.700. The van der Waals surface area contributed by atoms with Gasteiger partial charge in [0.15, 0.2) is 0 Å². The lowest BCUT2D eigenvalue weighted by molar-refractivity contribution is -0.147. The number of fused-ring (bicyclic) bond motifs is 1. The van der Waals surface area contributed by atoms with Crippen LogP contribution in [0.25, 0.3) is 0 Å². The van der Waals surface area contributed by atoms with Gasteiger partial charge < -0.3 is 14.5 Å². The molecule has 1 aromatic rings. The van der Waals surface area contributed by atoms with E-state index in [4.69, 9.17) is 4.74 Å². The number of carbonyl (C=O) groups excluding carboxylic acids is 1. The molecule has 1 amide bonds. The zero-order chi connectivity index (χ0) is 20.5. The van der Waals surface area contributed by atoms with E-state index in [0.29, 0.717) is 65.3 Å². The van der Waals surface area contributed by atoms with Crippen molar-refractivity contribution in [1.29, 1.82) is 0 Å². The number of carbonyl (C=O) groups is 1. The Morgan fingerprint density at radius 1 is 1.24 bits per heavy atom. The van der Waals surface area contributed by atoms with Crippen molar-refractivity contribution in [2.24, 2.45) is 11.3 Å². The normalized spacial score (nSPS) is 28.8. The Morgan fingerprint density at radius 2 is 2.03 bits per heavy atom. The molecule has 0 saturated carbocycles. The molecule has 160 valence electrons. The third-order valence-corrected chi connectivity index (χ3v) is 8.45. The zero-order valence-electron chi connectivity index (χ0n) is 17.0. The summed E-state index contributed by atoms with van der Waals surface area (Å²) in [4.78, 5) is 22.3. The van der Waals surface area contributed by atoms with Crippen molar-refractivity contribution >= 4 is 21.7 Å². The van der Waals surface area contributed by atoms with Crippen molar-refractivity contribution in [2.75, 3.05) is 63.1 Å². The molecule has 3 fully saturated rings. The van der Waals surface area contributed by atoms with E-state index in [1.165, 1.54) is 0 Å². The van der Waals surface area contributed by atoms with Crippen LogP contribution in [0.1, 0.15) is 19.8 Å². The Hall–Kier alpha value is -1.71. The Bertz CT molecular complexity index is 828. The van der Waals surface area contributed by atoms with E-state index in [-0.39, 0.29) is 17.6 Å². The van der Waals surface area contributed by atoms with Gasteiger partial charge in [0.05, 0.1) is 24.4 Å². The van der Waals surface area contributed by atoms with Crippen molar-refractivity contribution in [3.63, 3.8) is 0 Å². The van der Waals surface area contributed by atoms with E-state index < -0.39 is 15.4 Å². The van der Waals surface area contributed by atoms with Gasteiger partial charge in [0, 0.05) is 51.4 Å². The first-order valence-corrected chi connectivity index (χ1v) is 12.1. The molecule has 0 aromatic carbocycles. The molecule has 0 aliphatic carbocycles. The SMILES string of the molecule is CCS(=O)(=O)N1CCC[C@@]2(C(=O)N3CCOCC3)CN(c3ccccn3)C[C@H]2C1. The molecule has 8 nitrogen and oxygen atoms in total. The van der Waals surface area contributed by atoms with Crippen molar-refractivity contribution in [1.82, 2.24) is 14.2 Å². The number of hydrogen-bond donors (Lipinski definition) is 0. The third kappa shape index (κ3) is 3.87. The third-order valence-electron chi connectivity index (χ3n) is 6.61. The van der Waals surface area contributed by atoms with Gasteiger partial charge >= 0.3 is 0 Å². The highest BCUT2D eigenvalue weighted by Crippen LogP contribution is 2.45. The van der Waals surface area contributed by atoms with Crippen LogP contribution in [0.5, 0.6) is 0 Å². The topological polar surface area (TPSA) is 83.0 Å². The molecular formula is C20H30N4O4S. The lowest BCUT2D eigenvalue weighted by Gasteiger charge is -2.38. The van der Waals surface area contributed by atoms with Gasteiger partial charge in [0.1, 0.15) is 5.82 Å². The fourth-order valence-corrected chi connectivity index (χ4v) is 6.16. The molecule has 1 aromatic heterocycles. The average molecular weight is 423 g/mol. The average Bonchev–Trinajstić information content (AvgIpc) is 3.02. The molecule has 0 unspecified atom stereocenters. The van der Waals surface area contributed by atoms with Crippen LogP contribution in [0, 0.1) is 11.3 Å². The molecule has 0 spiro atoms. The van der Waals surface area contributed by atoms with E-state index in [0.717, 1.165) is 5.82 Å². The summed E-state index contributed by atoms with van der Waals surface area (Å²) in [6.07, 6.45) is 3.16. The smallest absolute Gasteiger partial charge is 0.231 e. The molecule has 3 saturated heterocycles. The molecule has 3 aliphatic heterocycles. The monoisotopic (exact) mass is 422 g/mol. The highest BCUT2D eigenvalue weighted by molar-refractivity contribution is 7.89. The maximum Gasteiger partial charge on any atom is 0.231 e. The lowest BCUT2D eigenvalue weighted by Crippen LogP contribution is -2.53. The summed E-state index contributed by atoms with van der Waals surface area (Å²) in [5, 5.41) is 0. The molecule has 4 heterocycles. The van der Waals surface area contributed by atoms with Gasteiger partial charge in [-0.2, -0.15) is 0 Å². The van der Waals surface area contributed by atoms with Crippen LogP contribution in [0.2, 0.25) is 0 Å². The molecule has 3 aliphatic rings. The first-order chi connectivity index (χ1) is 14.0. The van der Waals surface area contributed by atoms with Crippen LogP contribution in [-0.2, 0) is 19.6 Å². The molecular weight excluding hydrogens is 392 g/mol. The number of aromatic nitrogens is 1. The van der Waals surface area contributed by atoms with Crippen molar-refractivity contribution < 1.29 is 17.9 Å². The highest BCUT2D eigenvalue weighted by Gasteiger charge is 2.55. The summed E-state index contributed by atoms with van der Waals surface area (Å²) < 4.78 is 32.3. The number of amides is 1. The minimum atomic E-state index is -3.29. The Balaban J connectivity index is 1.67. The number of ether oxygens (including phenoxy) is 1. The van der Waals surface area contributed by atoms with Crippen LogP contribution >= 0.6 is 0 Å². The standard InChI is InChI=1S/C20H30N4O4S/c1-2-29(26,27)24-9-5-7-20(19(25)22-10-12-28-13-11-22)16-23(14-17(20)15-24)18-6-3-4-8-21-18/h3-4,6,8,17H,2,5,7,9-16H2,1H3/t17-,20+/m0/s1. The predicted molar refractivity (Wildman–Crippen MR) is 110 cm³/mol. The summed E-state index contributed by atoms with van der Waals surface area (Å²) in [7, 11) is -3.29. The van der Waals surface area contributed by atoms with E-state index in [2.05, 4.69) is 9.88 Å².